The highest BCUT2D eigenvalue weighted by Crippen LogP contribution is 2.22. The van der Waals surface area contributed by atoms with Gasteiger partial charge in [-0.3, -0.25) is 14.9 Å². The second-order valence-corrected chi connectivity index (χ2v) is 8.48. The van der Waals surface area contributed by atoms with E-state index in [1.54, 1.807) is 47.4 Å². The summed E-state index contributed by atoms with van der Waals surface area (Å²) in [6, 6.07) is 23.5. The van der Waals surface area contributed by atoms with Gasteiger partial charge in [-0.2, -0.15) is 0 Å². The van der Waals surface area contributed by atoms with Crippen LogP contribution in [0.15, 0.2) is 78.9 Å². The van der Waals surface area contributed by atoms with Crippen molar-refractivity contribution in [2.75, 3.05) is 23.4 Å². The number of anilines is 2. The molecular weight excluding hydrogens is 446 g/mol. The standard InChI is InChI=1S/C27H29N3O3S/c1-4-30(21-12-6-5-7-13-21)26(32)23-15-8-9-16-24(23)28-27(34)29-25(31)20-11-10-14-22(17-20)33-18-19(2)3/h5-17,19H,4,18H2,1-3H3,(H2,28,29,31,34). The van der Waals surface area contributed by atoms with Crippen LogP contribution in [-0.2, 0) is 0 Å². The third-order valence-corrected chi connectivity index (χ3v) is 5.15. The Kier molecular flexibility index (Phi) is 8.76. The van der Waals surface area contributed by atoms with E-state index in [0.717, 1.165) is 5.69 Å². The van der Waals surface area contributed by atoms with Crippen molar-refractivity contribution in [3.63, 3.8) is 0 Å². The molecule has 0 atom stereocenters. The first-order valence-corrected chi connectivity index (χ1v) is 11.6. The molecule has 0 unspecified atom stereocenters. The summed E-state index contributed by atoms with van der Waals surface area (Å²) in [7, 11) is 0. The van der Waals surface area contributed by atoms with Crippen molar-refractivity contribution >= 4 is 40.5 Å². The number of carbonyl (C=O) groups excluding carboxylic acids is 2. The number of para-hydroxylation sites is 2. The molecule has 0 spiro atoms. The fourth-order valence-corrected chi connectivity index (χ4v) is 3.50. The molecule has 3 aromatic carbocycles. The van der Waals surface area contributed by atoms with Crippen LogP contribution in [-0.4, -0.2) is 30.1 Å². The molecule has 6 nitrogen and oxygen atoms in total. The smallest absolute Gasteiger partial charge is 0.260 e. The number of hydrogen-bond acceptors (Lipinski definition) is 4. The maximum atomic E-state index is 13.3. The third kappa shape index (κ3) is 6.65. The lowest BCUT2D eigenvalue weighted by molar-refractivity contribution is 0.0974. The fraction of sp³-hybridized carbons (Fsp3) is 0.222. The number of carbonyl (C=O) groups is 2. The minimum absolute atomic E-state index is 0.0986. The van der Waals surface area contributed by atoms with Gasteiger partial charge in [0.2, 0.25) is 0 Å². The van der Waals surface area contributed by atoms with Crippen LogP contribution in [0.5, 0.6) is 5.75 Å². The van der Waals surface area contributed by atoms with Crippen molar-refractivity contribution in [2.45, 2.75) is 20.8 Å². The van der Waals surface area contributed by atoms with Crippen LogP contribution < -0.4 is 20.3 Å². The first-order valence-electron chi connectivity index (χ1n) is 11.2. The van der Waals surface area contributed by atoms with Crippen LogP contribution in [0, 0.1) is 5.92 Å². The minimum atomic E-state index is -0.365. The lowest BCUT2D eigenvalue weighted by atomic mass is 10.1. The molecule has 0 heterocycles. The molecule has 3 aromatic rings. The van der Waals surface area contributed by atoms with Crippen molar-refractivity contribution in [3.8, 4) is 5.75 Å². The quantitative estimate of drug-likeness (QED) is 0.420. The summed E-state index contributed by atoms with van der Waals surface area (Å²) < 4.78 is 5.70. The maximum Gasteiger partial charge on any atom is 0.260 e. The summed E-state index contributed by atoms with van der Waals surface area (Å²) in [4.78, 5) is 27.7. The van der Waals surface area contributed by atoms with Gasteiger partial charge in [0.05, 0.1) is 17.9 Å². The predicted octanol–water partition coefficient (Wildman–Crippen LogP) is 5.51. The zero-order valence-corrected chi connectivity index (χ0v) is 20.4. The van der Waals surface area contributed by atoms with Crippen molar-refractivity contribution in [2.24, 2.45) is 5.92 Å². The van der Waals surface area contributed by atoms with Crippen molar-refractivity contribution in [1.29, 1.82) is 0 Å². The molecule has 34 heavy (non-hydrogen) atoms. The molecule has 0 aliphatic heterocycles. The molecule has 2 N–H and O–H groups in total. The van der Waals surface area contributed by atoms with Gasteiger partial charge in [-0.25, -0.2) is 0 Å². The van der Waals surface area contributed by atoms with E-state index >= 15 is 0 Å². The zero-order valence-electron chi connectivity index (χ0n) is 19.6. The molecule has 176 valence electrons. The second-order valence-electron chi connectivity index (χ2n) is 8.07. The summed E-state index contributed by atoms with van der Waals surface area (Å²) in [6.07, 6.45) is 0. The average Bonchev–Trinajstić information content (AvgIpc) is 2.84. The molecule has 2 amide bonds. The molecule has 0 aliphatic carbocycles. The number of rotatable bonds is 8. The van der Waals surface area contributed by atoms with Crippen LogP contribution >= 0.6 is 12.2 Å². The van der Waals surface area contributed by atoms with Crippen LogP contribution in [0.3, 0.4) is 0 Å². The zero-order chi connectivity index (χ0) is 24.5. The molecule has 0 aromatic heterocycles. The molecule has 0 saturated carbocycles. The van der Waals surface area contributed by atoms with Crippen LogP contribution in [0.1, 0.15) is 41.5 Å². The highest BCUT2D eigenvalue weighted by molar-refractivity contribution is 7.80. The summed E-state index contributed by atoms with van der Waals surface area (Å²) in [5, 5.41) is 5.78. The Bertz CT molecular complexity index is 1150. The normalized spacial score (nSPS) is 10.5. The molecule has 0 bridgehead atoms. The Morgan fingerprint density at radius 1 is 0.971 bits per heavy atom. The molecule has 7 heteroatoms. The number of benzene rings is 3. The van der Waals surface area contributed by atoms with Crippen molar-refractivity contribution in [1.82, 2.24) is 5.32 Å². The molecular formula is C27H29N3O3S. The maximum absolute atomic E-state index is 13.3. The van der Waals surface area contributed by atoms with E-state index in [4.69, 9.17) is 17.0 Å². The fourth-order valence-electron chi connectivity index (χ4n) is 3.29. The van der Waals surface area contributed by atoms with Gasteiger partial charge in [-0.05, 0) is 67.5 Å². The van der Waals surface area contributed by atoms with E-state index in [-0.39, 0.29) is 16.9 Å². The van der Waals surface area contributed by atoms with E-state index in [0.29, 0.717) is 41.6 Å². The average molecular weight is 476 g/mol. The van der Waals surface area contributed by atoms with Gasteiger partial charge in [0.1, 0.15) is 5.75 Å². The summed E-state index contributed by atoms with van der Waals surface area (Å²) >= 11 is 5.37. The van der Waals surface area contributed by atoms with Crippen molar-refractivity contribution < 1.29 is 14.3 Å². The monoisotopic (exact) mass is 475 g/mol. The van der Waals surface area contributed by atoms with Gasteiger partial charge < -0.3 is 15.0 Å². The van der Waals surface area contributed by atoms with Gasteiger partial charge in [-0.1, -0.05) is 50.2 Å². The Morgan fingerprint density at radius 3 is 2.38 bits per heavy atom. The Morgan fingerprint density at radius 2 is 1.68 bits per heavy atom. The molecule has 0 saturated heterocycles. The van der Waals surface area contributed by atoms with Crippen LogP contribution in [0.4, 0.5) is 11.4 Å². The summed E-state index contributed by atoms with van der Waals surface area (Å²) in [5.41, 5.74) is 2.20. The molecule has 3 rings (SSSR count). The lowest BCUT2D eigenvalue weighted by Gasteiger charge is -2.23. The van der Waals surface area contributed by atoms with Gasteiger partial charge in [0.25, 0.3) is 11.8 Å². The van der Waals surface area contributed by atoms with E-state index in [2.05, 4.69) is 24.5 Å². The Hall–Kier alpha value is -3.71. The Labute approximate surface area is 205 Å². The van der Waals surface area contributed by atoms with Crippen LogP contribution in [0.2, 0.25) is 0 Å². The first kappa shape index (κ1) is 24.9. The number of amides is 2. The summed E-state index contributed by atoms with van der Waals surface area (Å²) in [5.74, 6) is 0.469. The highest BCUT2D eigenvalue weighted by Gasteiger charge is 2.20. The SMILES string of the molecule is CCN(C(=O)c1ccccc1NC(=S)NC(=O)c1cccc(OCC(C)C)c1)c1ccccc1. The topological polar surface area (TPSA) is 70.7 Å². The molecule has 0 radical (unpaired) electrons. The van der Waals surface area contributed by atoms with Crippen molar-refractivity contribution in [3.05, 3.63) is 90.0 Å². The predicted molar refractivity (Wildman–Crippen MR) is 141 cm³/mol. The summed E-state index contributed by atoms with van der Waals surface area (Å²) in [6.45, 7) is 7.11. The van der Waals surface area contributed by atoms with E-state index < -0.39 is 0 Å². The Balaban J connectivity index is 1.71. The van der Waals surface area contributed by atoms with E-state index in [1.165, 1.54) is 0 Å². The van der Waals surface area contributed by atoms with Gasteiger partial charge in [0.15, 0.2) is 5.11 Å². The largest absolute Gasteiger partial charge is 0.493 e. The van der Waals surface area contributed by atoms with E-state index in [1.807, 2.05) is 43.3 Å². The molecule has 0 aliphatic rings. The van der Waals surface area contributed by atoms with Gasteiger partial charge in [-0.15, -0.1) is 0 Å². The second kappa shape index (κ2) is 12.0. The third-order valence-electron chi connectivity index (χ3n) is 4.94. The van der Waals surface area contributed by atoms with Crippen LogP contribution in [0.25, 0.3) is 0 Å². The number of nitrogens with zero attached hydrogens (tertiary/aromatic N) is 1. The number of nitrogens with one attached hydrogen (secondary N) is 2. The number of thiocarbonyl (C=S) groups is 1. The molecule has 0 fully saturated rings. The van der Waals surface area contributed by atoms with Gasteiger partial charge in [0, 0.05) is 17.8 Å². The first-order chi connectivity index (χ1) is 16.4. The highest BCUT2D eigenvalue weighted by atomic mass is 32.1. The number of ether oxygens (including phenoxy) is 1. The van der Waals surface area contributed by atoms with E-state index in [9.17, 15) is 9.59 Å². The minimum Gasteiger partial charge on any atom is -0.493 e. The number of hydrogen-bond donors (Lipinski definition) is 2. The van der Waals surface area contributed by atoms with Gasteiger partial charge >= 0.3 is 0 Å². The lowest BCUT2D eigenvalue weighted by Crippen LogP contribution is -2.35.